The molecule has 0 spiro atoms. The quantitative estimate of drug-likeness (QED) is 0.0666. The second-order valence-corrected chi connectivity index (χ2v) is 22.4. The number of rotatable bonds is 12. The lowest BCUT2D eigenvalue weighted by Crippen LogP contribution is -2.57. The average Bonchev–Trinajstić information content (AvgIpc) is 3.66. The Kier molecular flexibility index (Phi) is 20.0. The molecule has 72 heavy (non-hydrogen) atoms. The zero-order valence-electron chi connectivity index (χ0n) is 43.3. The number of nitrogens with zero attached hydrogens (tertiary/aromatic N) is 3. The fraction of sp³-hybridized carbons (Fsp3) is 0.519. The van der Waals surface area contributed by atoms with Gasteiger partial charge in [0.05, 0.1) is 23.6 Å². The first-order valence-electron chi connectivity index (χ1n) is 24.2. The molecular weight excluding hydrogens is 1010 g/mol. The van der Waals surface area contributed by atoms with Gasteiger partial charge in [-0.25, -0.2) is 19.4 Å². The van der Waals surface area contributed by atoms with Crippen LogP contribution in [0.15, 0.2) is 75.3 Å². The number of benzene rings is 2. The van der Waals surface area contributed by atoms with E-state index < -0.39 is 70.9 Å². The van der Waals surface area contributed by atoms with Crippen LogP contribution in [0.1, 0.15) is 111 Å². The molecule has 3 atom stereocenters. The molecule has 392 valence electrons. The number of aromatic nitrogens is 2. The molecule has 0 unspecified atom stereocenters. The maximum absolute atomic E-state index is 15.1. The molecule has 18 nitrogen and oxygen atoms in total. The topological polar surface area (TPSA) is 221 Å². The number of carbonyl (C=O) groups excluding carboxylic acids is 6. The highest BCUT2D eigenvalue weighted by Gasteiger charge is 2.35. The van der Waals surface area contributed by atoms with Crippen molar-refractivity contribution in [3.8, 4) is 5.75 Å². The van der Waals surface area contributed by atoms with Gasteiger partial charge < -0.3 is 50.4 Å². The number of nitrogens with one attached hydrogen (secondary N) is 5. The highest BCUT2D eigenvalue weighted by atomic mass is 79.9. The Balaban J connectivity index is 1.58. The van der Waals surface area contributed by atoms with Gasteiger partial charge in [0.15, 0.2) is 0 Å². The molecule has 2 aromatic heterocycles. The minimum Gasteiger partial charge on any atom is -0.496 e. The molecule has 20 heteroatoms. The smallest absolute Gasteiger partial charge is 0.419 e. The second kappa shape index (κ2) is 25.2. The number of fused-ring (bicyclic) bond motifs is 3. The molecule has 5 rings (SSSR count). The van der Waals surface area contributed by atoms with Crippen LogP contribution >= 0.6 is 27.7 Å². The number of hydrogen-bond acceptors (Lipinski definition) is 13. The molecule has 1 aliphatic rings. The molecule has 5 amide bonds. The van der Waals surface area contributed by atoms with E-state index in [9.17, 15) is 24.0 Å². The van der Waals surface area contributed by atoms with Crippen molar-refractivity contribution in [2.75, 3.05) is 27.2 Å². The first-order valence-corrected chi connectivity index (χ1v) is 25.8. The maximum atomic E-state index is 15.1. The van der Waals surface area contributed by atoms with Crippen LogP contribution in [0.4, 0.5) is 14.4 Å². The van der Waals surface area contributed by atoms with E-state index in [4.69, 9.17) is 23.9 Å². The van der Waals surface area contributed by atoms with Gasteiger partial charge in [-0.15, -0.1) is 0 Å². The second-order valence-electron chi connectivity index (χ2n) is 20.5. The van der Waals surface area contributed by atoms with Crippen molar-refractivity contribution < 1.29 is 47.7 Å². The molecule has 2 aromatic carbocycles. The SMILES string of the molecule is COc1ccc(Br)c2c1Sc1ncccc1CN[C@@H](CCCNC(=O)OC(C)(C)C)C(=O)N[C@@H](CCCCNC(=O)OC(C)(C)C)C(=O)N(C)[C@@H](Cc1cn(C(=O)OC(C)(C)C)c3ccccc13)C(=O)NC2. The third-order valence-corrected chi connectivity index (χ3v) is 13.1. The number of ether oxygens (including phenoxy) is 4. The number of pyridine rings is 1. The molecule has 5 N–H and O–H groups in total. The minimum absolute atomic E-state index is 0.0157. The number of unbranched alkanes of at least 4 members (excludes halogenated alkanes) is 1. The van der Waals surface area contributed by atoms with Gasteiger partial charge in [0.2, 0.25) is 17.7 Å². The maximum Gasteiger partial charge on any atom is 0.419 e. The number of halogens is 1. The van der Waals surface area contributed by atoms with E-state index in [1.807, 2.05) is 30.3 Å². The van der Waals surface area contributed by atoms with Crippen molar-refractivity contribution in [3.05, 3.63) is 82.1 Å². The molecule has 0 saturated carbocycles. The first kappa shape index (κ1) is 57.0. The number of methoxy groups -OCH3 is 1. The van der Waals surface area contributed by atoms with E-state index in [1.54, 1.807) is 100 Å². The lowest BCUT2D eigenvalue weighted by molar-refractivity contribution is -0.142. The van der Waals surface area contributed by atoms with Gasteiger partial charge in [0.25, 0.3) is 0 Å². The van der Waals surface area contributed by atoms with Gasteiger partial charge in [0.1, 0.15) is 39.7 Å². The molecule has 0 radical (unpaired) electrons. The molecular formula is C52H71BrN8O10S. The van der Waals surface area contributed by atoms with E-state index in [0.717, 1.165) is 5.56 Å². The summed E-state index contributed by atoms with van der Waals surface area (Å²) in [7, 11) is 3.09. The highest BCUT2D eigenvalue weighted by molar-refractivity contribution is 9.10. The summed E-state index contributed by atoms with van der Waals surface area (Å²) in [6.45, 7) is 16.6. The largest absolute Gasteiger partial charge is 0.496 e. The number of amides is 5. The van der Waals surface area contributed by atoms with E-state index >= 15 is 4.79 Å². The third-order valence-electron chi connectivity index (χ3n) is 11.2. The van der Waals surface area contributed by atoms with Crippen LogP contribution < -0.4 is 31.3 Å². The van der Waals surface area contributed by atoms with Gasteiger partial charge in [0, 0.05) is 67.5 Å². The van der Waals surface area contributed by atoms with Gasteiger partial charge in [-0.2, -0.15) is 0 Å². The monoisotopic (exact) mass is 1080 g/mol. The Labute approximate surface area is 435 Å². The Morgan fingerprint density at radius 3 is 2.08 bits per heavy atom. The minimum atomic E-state index is -1.17. The van der Waals surface area contributed by atoms with E-state index in [1.165, 1.54) is 28.3 Å². The van der Waals surface area contributed by atoms with Crippen LogP contribution in [0.2, 0.25) is 0 Å². The molecule has 1 aliphatic heterocycles. The Morgan fingerprint density at radius 2 is 1.43 bits per heavy atom. The Hall–Kier alpha value is -5.86. The van der Waals surface area contributed by atoms with Gasteiger partial charge >= 0.3 is 18.3 Å². The van der Waals surface area contributed by atoms with Crippen LogP contribution in [0.5, 0.6) is 5.75 Å². The first-order chi connectivity index (χ1) is 33.8. The molecule has 3 heterocycles. The van der Waals surface area contributed by atoms with Gasteiger partial charge in [-0.05, 0) is 130 Å². The summed E-state index contributed by atoms with van der Waals surface area (Å²) in [6, 6.07) is 11.4. The Bertz CT molecular complexity index is 2570. The van der Waals surface area contributed by atoms with Crippen LogP contribution in [-0.2, 0) is 48.1 Å². The van der Waals surface area contributed by atoms with Crippen LogP contribution in [-0.4, -0.2) is 113 Å². The van der Waals surface area contributed by atoms with E-state index in [-0.39, 0.29) is 45.4 Å². The van der Waals surface area contributed by atoms with Crippen molar-refractivity contribution >= 4 is 74.6 Å². The molecule has 0 saturated heterocycles. The predicted molar refractivity (Wildman–Crippen MR) is 279 cm³/mol. The molecule has 0 fully saturated rings. The normalized spacial score (nSPS) is 17.4. The summed E-state index contributed by atoms with van der Waals surface area (Å²) in [4.78, 5) is 90.2. The average molecular weight is 1080 g/mol. The lowest BCUT2D eigenvalue weighted by atomic mass is 10.0. The Morgan fingerprint density at radius 1 is 0.792 bits per heavy atom. The number of likely N-dealkylation sites (N-methyl/N-ethyl adjacent to an activating group) is 1. The van der Waals surface area contributed by atoms with Crippen molar-refractivity contribution in [1.82, 2.24) is 41.0 Å². The van der Waals surface area contributed by atoms with E-state index in [0.29, 0.717) is 61.4 Å². The highest BCUT2D eigenvalue weighted by Crippen LogP contribution is 2.41. The van der Waals surface area contributed by atoms with Crippen molar-refractivity contribution in [2.45, 2.75) is 159 Å². The zero-order chi connectivity index (χ0) is 53.0. The van der Waals surface area contributed by atoms with Crippen LogP contribution in [0, 0.1) is 0 Å². The van der Waals surface area contributed by atoms with Crippen molar-refractivity contribution in [2.24, 2.45) is 0 Å². The van der Waals surface area contributed by atoms with Crippen molar-refractivity contribution in [1.29, 1.82) is 0 Å². The van der Waals surface area contributed by atoms with Gasteiger partial charge in [-0.1, -0.05) is 52.0 Å². The molecule has 0 bridgehead atoms. The molecule has 0 aliphatic carbocycles. The zero-order valence-corrected chi connectivity index (χ0v) is 45.7. The van der Waals surface area contributed by atoms with E-state index in [2.05, 4.69) is 42.5 Å². The number of alkyl carbamates (subject to hydrolysis) is 2. The lowest BCUT2D eigenvalue weighted by Gasteiger charge is -2.32. The number of hydrogen-bond donors (Lipinski definition) is 5. The number of carbonyl (C=O) groups is 6. The fourth-order valence-corrected chi connectivity index (χ4v) is 9.56. The van der Waals surface area contributed by atoms with Crippen LogP contribution in [0.3, 0.4) is 0 Å². The summed E-state index contributed by atoms with van der Waals surface area (Å²) in [5, 5.41) is 16.4. The fourth-order valence-electron chi connectivity index (χ4n) is 7.83. The van der Waals surface area contributed by atoms with Crippen LogP contribution in [0.25, 0.3) is 10.9 Å². The molecule has 4 aromatic rings. The summed E-state index contributed by atoms with van der Waals surface area (Å²) in [5.41, 5.74) is 0.430. The summed E-state index contributed by atoms with van der Waals surface area (Å²) in [5.74, 6) is -0.988. The standard InChI is InChI=1S/C52H71BrN8O10S/c1-50(2,3)69-47(65)55-25-15-14-20-38-46(64)60(10)40(28-33-31-61(49(67)71-52(7,8)9)39-22-13-12-19-34(33)39)44(63)58-30-35-36(53)23-24-41(68-11)42(35)72-45-32(18-16-26-54-45)29-57-37(43(62)59-38)21-17-27-56-48(66)70-51(4,5)6/h12-13,16,18-19,22-24,26,31,37-38,40,57H,14-15,17,20-21,25,27-30H2,1-11H3,(H,55,65)(H,56,66)(H,58,63)(H,59,62)/t37-,38-,40-/m0/s1. The summed E-state index contributed by atoms with van der Waals surface area (Å²) in [6.07, 6.45) is 3.10. The predicted octanol–water partition coefficient (Wildman–Crippen LogP) is 8.38. The van der Waals surface area contributed by atoms with Gasteiger partial charge in [-0.3, -0.25) is 19.0 Å². The number of para-hydroxylation sites is 1. The van der Waals surface area contributed by atoms with Crippen molar-refractivity contribution in [3.63, 3.8) is 0 Å². The summed E-state index contributed by atoms with van der Waals surface area (Å²) < 4.78 is 24.5. The summed E-state index contributed by atoms with van der Waals surface area (Å²) >= 11 is 5.06. The third kappa shape index (κ3) is 16.9.